The highest BCUT2D eigenvalue weighted by Crippen LogP contribution is 2.42. The Bertz CT molecular complexity index is 1780. The van der Waals surface area contributed by atoms with Crippen LogP contribution in [0.15, 0.2) is 52.9 Å². The fourth-order valence-electron chi connectivity index (χ4n) is 7.68. The van der Waals surface area contributed by atoms with Crippen molar-refractivity contribution in [1.29, 1.82) is 0 Å². The monoisotopic (exact) mass is 740 g/mol. The summed E-state index contributed by atoms with van der Waals surface area (Å²) in [5, 5.41) is 0.704. The van der Waals surface area contributed by atoms with E-state index >= 15 is 0 Å². The van der Waals surface area contributed by atoms with E-state index in [1.54, 1.807) is 25.3 Å². The zero-order chi connectivity index (χ0) is 36.1. The molecule has 276 valence electrons. The van der Waals surface area contributed by atoms with Gasteiger partial charge in [0.2, 0.25) is 5.91 Å². The smallest absolute Gasteiger partial charge is 0.409 e. The quantitative estimate of drug-likeness (QED) is 0.357. The van der Waals surface area contributed by atoms with E-state index in [1.807, 2.05) is 19.1 Å². The van der Waals surface area contributed by atoms with Crippen molar-refractivity contribution in [2.75, 3.05) is 51.1 Å². The summed E-state index contributed by atoms with van der Waals surface area (Å²) in [5.41, 5.74) is 3.39. The summed E-state index contributed by atoms with van der Waals surface area (Å²) in [7, 11) is -0.527. The van der Waals surface area contributed by atoms with Crippen LogP contribution in [0, 0.1) is 23.7 Å². The van der Waals surface area contributed by atoms with Crippen molar-refractivity contribution in [3.05, 3.63) is 70.3 Å². The number of hydrogen-bond acceptors (Lipinski definition) is 8. The van der Waals surface area contributed by atoms with Crippen LogP contribution < -0.4 is 14.4 Å². The van der Waals surface area contributed by atoms with Crippen molar-refractivity contribution in [3.63, 3.8) is 0 Å². The summed E-state index contributed by atoms with van der Waals surface area (Å²) in [4.78, 5) is 43.3. The molecule has 1 aliphatic carbocycles. The predicted molar refractivity (Wildman–Crippen MR) is 197 cm³/mol. The molecule has 4 aliphatic rings. The second-order valence-corrected chi connectivity index (χ2v) is 16.8. The van der Waals surface area contributed by atoms with Crippen LogP contribution in [0.1, 0.15) is 66.9 Å². The van der Waals surface area contributed by atoms with Crippen molar-refractivity contribution < 1.29 is 32.8 Å². The number of halogens is 1. The van der Waals surface area contributed by atoms with Crippen LogP contribution in [0.25, 0.3) is 0 Å². The molecule has 2 bridgehead atoms. The molecule has 1 unspecified atom stereocenters. The molecule has 0 spiro atoms. The number of benzene rings is 2. The van der Waals surface area contributed by atoms with Gasteiger partial charge in [0.25, 0.3) is 5.91 Å². The fourth-order valence-corrected chi connectivity index (χ4v) is 9.84. The first-order chi connectivity index (χ1) is 24.6. The highest BCUT2D eigenvalue weighted by Gasteiger charge is 2.38. The summed E-state index contributed by atoms with van der Waals surface area (Å²) in [6, 6.07) is 11.3. The number of nitrogens with one attached hydrogen (secondary N) is 1. The molecule has 3 aliphatic heterocycles. The highest BCUT2D eigenvalue weighted by atomic mass is 35.5. The first kappa shape index (κ1) is 37.2. The molecule has 1 N–H and O–H groups in total. The second-order valence-electron chi connectivity index (χ2n) is 14.3. The lowest BCUT2D eigenvalue weighted by atomic mass is 9.70. The van der Waals surface area contributed by atoms with Gasteiger partial charge in [0.05, 0.1) is 37.2 Å². The Morgan fingerprint density at radius 3 is 2.67 bits per heavy atom. The number of ether oxygens (including phenoxy) is 3. The van der Waals surface area contributed by atoms with Crippen LogP contribution in [0.2, 0.25) is 5.02 Å². The van der Waals surface area contributed by atoms with E-state index < -0.39 is 33.7 Å². The molecule has 1 saturated heterocycles. The molecule has 0 aromatic heterocycles. The molecular weight excluding hydrogens is 692 g/mol. The van der Waals surface area contributed by atoms with Gasteiger partial charge in [0.1, 0.15) is 15.7 Å². The number of amides is 3. The van der Waals surface area contributed by atoms with E-state index in [-0.39, 0.29) is 29.9 Å². The number of carbonyl (C=O) groups excluding carboxylic acids is 3. The molecule has 2 aromatic rings. The van der Waals surface area contributed by atoms with E-state index in [0.717, 1.165) is 44.3 Å². The van der Waals surface area contributed by atoms with Crippen molar-refractivity contribution >= 4 is 45.1 Å². The van der Waals surface area contributed by atoms with E-state index in [2.05, 4.69) is 32.2 Å². The van der Waals surface area contributed by atoms with Crippen LogP contribution >= 0.6 is 11.6 Å². The van der Waals surface area contributed by atoms with Gasteiger partial charge in [-0.05, 0) is 104 Å². The Balaban J connectivity index is 1.40. The third kappa shape index (κ3) is 8.89. The third-order valence-corrected chi connectivity index (χ3v) is 12.9. The number of likely N-dealkylation sites (tertiary alicyclic amines) is 1. The van der Waals surface area contributed by atoms with Crippen molar-refractivity contribution in [2.45, 2.75) is 64.5 Å². The molecule has 3 heterocycles. The van der Waals surface area contributed by atoms with E-state index in [4.69, 9.17) is 25.8 Å². The number of carbonyl (C=O) groups is 3. The molecule has 0 radical (unpaired) electrons. The van der Waals surface area contributed by atoms with Gasteiger partial charge >= 0.3 is 6.09 Å². The normalized spacial score (nSPS) is 29.2. The zero-order valence-electron chi connectivity index (χ0n) is 29.7. The summed E-state index contributed by atoms with van der Waals surface area (Å²) in [6.07, 6.45) is 9.28. The lowest BCUT2D eigenvalue weighted by molar-refractivity contribution is -0.122. The zero-order valence-corrected chi connectivity index (χ0v) is 31.3. The van der Waals surface area contributed by atoms with Crippen LogP contribution in [-0.4, -0.2) is 79.3 Å². The van der Waals surface area contributed by atoms with Gasteiger partial charge in [-0.1, -0.05) is 36.7 Å². The molecule has 6 rings (SSSR count). The molecule has 1 saturated carbocycles. The summed E-state index contributed by atoms with van der Waals surface area (Å²) < 4.78 is 38.7. The molecule has 6 atom stereocenters. The number of methoxy groups -OCH3 is 2. The number of aryl methyl sites for hydroxylation is 1. The molecule has 3 amide bonds. The molecular formula is C38H49ClN4O7S. The Hall–Kier alpha value is -3.61. The molecule has 2 aromatic carbocycles. The summed E-state index contributed by atoms with van der Waals surface area (Å²) >= 11 is 6.46. The van der Waals surface area contributed by atoms with Gasteiger partial charge in [0.15, 0.2) is 0 Å². The van der Waals surface area contributed by atoms with E-state index in [0.29, 0.717) is 55.1 Å². The maximum absolute atomic E-state index is 14.6. The maximum atomic E-state index is 14.6. The number of rotatable bonds is 3. The Labute approximate surface area is 306 Å². The molecule has 13 heteroatoms. The van der Waals surface area contributed by atoms with Crippen LogP contribution in [-0.2, 0) is 37.1 Å². The van der Waals surface area contributed by atoms with Gasteiger partial charge in [-0.3, -0.25) is 14.3 Å². The number of allylic oxidation sites excluding steroid dienone is 1. The van der Waals surface area contributed by atoms with Crippen LogP contribution in [0.5, 0.6) is 5.75 Å². The first-order valence-corrected chi connectivity index (χ1v) is 20.0. The van der Waals surface area contributed by atoms with E-state index in [1.165, 1.54) is 23.1 Å². The Morgan fingerprint density at radius 2 is 1.90 bits per heavy atom. The van der Waals surface area contributed by atoms with Gasteiger partial charge in [0, 0.05) is 43.9 Å². The Morgan fingerprint density at radius 1 is 1.06 bits per heavy atom. The van der Waals surface area contributed by atoms with Crippen molar-refractivity contribution in [2.24, 2.45) is 28.0 Å². The van der Waals surface area contributed by atoms with Crippen LogP contribution in [0.4, 0.5) is 10.5 Å². The number of fused-ring (bicyclic) bond motifs is 3. The maximum Gasteiger partial charge on any atom is 0.409 e. The third-order valence-electron chi connectivity index (χ3n) is 10.7. The average molecular weight is 741 g/mol. The average Bonchev–Trinajstić information content (AvgIpc) is 3.58. The van der Waals surface area contributed by atoms with Gasteiger partial charge in [-0.25, -0.2) is 9.00 Å². The van der Waals surface area contributed by atoms with Crippen LogP contribution in [0.3, 0.4) is 0 Å². The summed E-state index contributed by atoms with van der Waals surface area (Å²) in [5.74, 6) is -0.651. The minimum Gasteiger partial charge on any atom is -0.491 e. The largest absolute Gasteiger partial charge is 0.491 e. The van der Waals surface area contributed by atoms with Gasteiger partial charge in [-0.2, -0.15) is 0 Å². The van der Waals surface area contributed by atoms with Crippen molar-refractivity contribution in [3.8, 4) is 5.75 Å². The predicted octanol–water partition coefficient (Wildman–Crippen LogP) is 6.43. The summed E-state index contributed by atoms with van der Waals surface area (Å²) in [6.45, 7) is 4.24. The number of anilines is 1. The molecule has 51 heavy (non-hydrogen) atoms. The van der Waals surface area contributed by atoms with Gasteiger partial charge in [-0.15, -0.1) is 4.36 Å². The Kier molecular flexibility index (Phi) is 11.9. The number of hydrogen-bond donors (Lipinski definition) is 1. The minimum atomic E-state index is -3.56. The molecule has 2 fully saturated rings. The van der Waals surface area contributed by atoms with Gasteiger partial charge < -0.3 is 24.0 Å². The number of nitrogens with zero attached hydrogens (tertiary/aromatic N) is 3. The fraction of sp³-hybridized carbons (Fsp3) is 0.553. The van der Waals surface area contributed by atoms with E-state index in [9.17, 15) is 18.6 Å². The lowest BCUT2D eigenvalue weighted by Crippen LogP contribution is -2.43. The second kappa shape index (κ2) is 16.4. The highest BCUT2D eigenvalue weighted by molar-refractivity contribution is 7.92. The standard InChI is InChI=1S/C38H49ClN4O7S/c1-25-7-6-9-34(48-2)32-14-11-29(32)22-43-21-28-10-13-31(39)19-26(28)8-4-5-18-50-35-15-12-27(20-33(35)43)36(44)40-51(47,24-25)41-37(45)30-16-17-42(23-30)38(46)49-3/h6,9-10,12-13,15,19-20,25,29-30,32,34H,4-5,7-8,11,14,16-18,21-24H2,1-3H3,(H,40,41,44,45,47)/b9-6+/t25-,29-,30-,32+,34-,51?/m0/s1. The lowest BCUT2D eigenvalue weighted by Gasteiger charge is -2.43. The minimum absolute atomic E-state index is 0.0223. The molecule has 11 nitrogen and oxygen atoms in total. The first-order valence-electron chi connectivity index (χ1n) is 18.0. The topological polar surface area (TPSA) is 127 Å². The SMILES string of the molecule is COC(=O)N1CC[C@H](C(=O)NS2(=O)=NC(=O)c3ccc4c(c3)N(Cc3ccc(Cl)cc3CCCCO4)C[C@@H]3CC[C@H]3[C@@H](OC)/C=C/C[C@H](C)C2)C1. The van der Waals surface area contributed by atoms with Crippen molar-refractivity contribution in [1.82, 2.24) is 9.62 Å².